The number of aryl methyl sites for hydroxylation is 1. The molecule has 1 N–H and O–H groups in total. The van der Waals surface area contributed by atoms with E-state index in [1.165, 1.54) is 0 Å². The lowest BCUT2D eigenvalue weighted by atomic mass is 10.2. The molecule has 0 amide bonds. The van der Waals surface area contributed by atoms with Crippen molar-refractivity contribution in [3.05, 3.63) is 27.3 Å². The summed E-state index contributed by atoms with van der Waals surface area (Å²) < 4.78 is 32.4. The second-order valence-corrected chi connectivity index (χ2v) is 7.31. The summed E-state index contributed by atoms with van der Waals surface area (Å²) in [6, 6.07) is 5.47. The van der Waals surface area contributed by atoms with Crippen LogP contribution in [0.3, 0.4) is 0 Å². The van der Waals surface area contributed by atoms with Crippen LogP contribution >= 0.6 is 22.6 Å². The van der Waals surface area contributed by atoms with Gasteiger partial charge in [-0.1, -0.05) is 6.07 Å². The number of sulfonamides is 1. The SMILES string of the molecule is Cc1ccc(NS(=O)(=O)CCOC(C)C)cc1I. The van der Waals surface area contributed by atoms with Crippen LogP contribution in [0.15, 0.2) is 18.2 Å². The molecule has 0 fully saturated rings. The van der Waals surface area contributed by atoms with Gasteiger partial charge in [-0.25, -0.2) is 8.42 Å². The summed E-state index contributed by atoms with van der Waals surface area (Å²) in [7, 11) is -3.34. The minimum Gasteiger partial charge on any atom is -0.378 e. The van der Waals surface area contributed by atoms with E-state index >= 15 is 0 Å². The first-order valence-corrected chi connectivity index (χ1v) is 8.41. The van der Waals surface area contributed by atoms with E-state index in [0.29, 0.717) is 5.69 Å². The second kappa shape index (κ2) is 6.72. The van der Waals surface area contributed by atoms with Gasteiger partial charge in [0.05, 0.1) is 18.5 Å². The van der Waals surface area contributed by atoms with Crippen molar-refractivity contribution in [3.63, 3.8) is 0 Å². The molecule has 0 heterocycles. The lowest BCUT2D eigenvalue weighted by molar-refractivity contribution is 0.0913. The van der Waals surface area contributed by atoms with Crippen molar-refractivity contribution in [2.24, 2.45) is 0 Å². The summed E-state index contributed by atoms with van der Waals surface area (Å²) in [6.07, 6.45) is 0.0422. The minimum atomic E-state index is -3.34. The summed E-state index contributed by atoms with van der Waals surface area (Å²) in [6.45, 7) is 5.94. The maximum atomic E-state index is 11.8. The van der Waals surface area contributed by atoms with E-state index in [-0.39, 0.29) is 18.5 Å². The van der Waals surface area contributed by atoms with E-state index < -0.39 is 10.0 Å². The van der Waals surface area contributed by atoms with Gasteiger partial charge in [0, 0.05) is 9.26 Å². The van der Waals surface area contributed by atoms with Gasteiger partial charge in [-0.15, -0.1) is 0 Å². The van der Waals surface area contributed by atoms with Crippen LogP contribution in [0.5, 0.6) is 0 Å². The fourth-order valence-electron chi connectivity index (χ4n) is 1.28. The zero-order valence-electron chi connectivity index (χ0n) is 10.7. The molecule has 0 saturated heterocycles. The number of benzene rings is 1. The van der Waals surface area contributed by atoms with Crippen molar-refractivity contribution in [2.45, 2.75) is 26.9 Å². The fourth-order valence-corrected chi connectivity index (χ4v) is 2.70. The first-order valence-electron chi connectivity index (χ1n) is 5.68. The Balaban J connectivity index is 2.62. The lowest BCUT2D eigenvalue weighted by Gasteiger charge is -2.11. The summed E-state index contributed by atoms with van der Waals surface area (Å²) in [5, 5.41) is 0. The smallest absolute Gasteiger partial charge is 0.235 e. The number of halogens is 1. The number of anilines is 1. The zero-order valence-corrected chi connectivity index (χ0v) is 13.7. The highest BCUT2D eigenvalue weighted by Crippen LogP contribution is 2.18. The van der Waals surface area contributed by atoms with Crippen LogP contribution in [-0.4, -0.2) is 26.9 Å². The third kappa shape index (κ3) is 5.53. The van der Waals surface area contributed by atoms with E-state index in [9.17, 15) is 8.42 Å². The first-order chi connectivity index (χ1) is 8.30. The summed E-state index contributed by atoms with van der Waals surface area (Å²) in [5.41, 5.74) is 1.72. The molecule has 0 radical (unpaired) electrons. The van der Waals surface area contributed by atoms with Crippen molar-refractivity contribution in [1.82, 2.24) is 0 Å². The topological polar surface area (TPSA) is 55.4 Å². The highest BCUT2D eigenvalue weighted by atomic mass is 127. The monoisotopic (exact) mass is 383 g/mol. The molecular formula is C12H18INO3S. The number of rotatable bonds is 6. The van der Waals surface area contributed by atoms with Crippen molar-refractivity contribution in [3.8, 4) is 0 Å². The number of hydrogen-bond acceptors (Lipinski definition) is 3. The van der Waals surface area contributed by atoms with Crippen molar-refractivity contribution >= 4 is 38.3 Å². The molecule has 6 heteroatoms. The molecule has 18 heavy (non-hydrogen) atoms. The number of hydrogen-bond donors (Lipinski definition) is 1. The molecular weight excluding hydrogens is 365 g/mol. The molecule has 1 rings (SSSR count). The Morgan fingerprint density at radius 2 is 2.06 bits per heavy atom. The van der Waals surface area contributed by atoms with Crippen LogP contribution in [0.1, 0.15) is 19.4 Å². The Hall–Kier alpha value is -0.340. The summed E-state index contributed by atoms with van der Waals surface area (Å²) >= 11 is 2.18. The third-order valence-corrected chi connectivity index (χ3v) is 4.66. The average Bonchev–Trinajstić information content (AvgIpc) is 2.22. The molecule has 0 aliphatic rings. The van der Waals surface area contributed by atoms with Gasteiger partial charge in [-0.3, -0.25) is 4.72 Å². The average molecular weight is 383 g/mol. The molecule has 1 aromatic carbocycles. The number of ether oxygens (including phenoxy) is 1. The normalized spacial score (nSPS) is 11.8. The van der Waals surface area contributed by atoms with E-state index in [0.717, 1.165) is 9.13 Å². The Morgan fingerprint density at radius 3 is 2.61 bits per heavy atom. The summed E-state index contributed by atoms with van der Waals surface area (Å²) in [4.78, 5) is 0. The number of nitrogens with one attached hydrogen (secondary N) is 1. The summed E-state index contributed by atoms with van der Waals surface area (Å²) in [5.74, 6) is -0.0321. The van der Waals surface area contributed by atoms with Gasteiger partial charge < -0.3 is 4.74 Å². The van der Waals surface area contributed by atoms with Crippen molar-refractivity contribution in [1.29, 1.82) is 0 Å². The van der Waals surface area contributed by atoms with Gasteiger partial charge in [0.15, 0.2) is 0 Å². The minimum absolute atomic E-state index is 0.0321. The molecule has 0 saturated carbocycles. The predicted octanol–water partition coefficient (Wildman–Crippen LogP) is 2.77. The Labute approximate surface area is 122 Å². The Bertz CT molecular complexity index is 500. The predicted molar refractivity (Wildman–Crippen MR) is 82.4 cm³/mol. The highest BCUT2D eigenvalue weighted by molar-refractivity contribution is 14.1. The Kier molecular flexibility index (Phi) is 5.87. The van der Waals surface area contributed by atoms with Crippen molar-refractivity contribution in [2.75, 3.05) is 17.1 Å². The van der Waals surface area contributed by atoms with Gasteiger partial charge in [0.25, 0.3) is 0 Å². The largest absolute Gasteiger partial charge is 0.378 e. The molecule has 102 valence electrons. The molecule has 0 spiro atoms. The quantitative estimate of drug-likeness (QED) is 0.769. The van der Waals surface area contributed by atoms with Gasteiger partial charge in [0.2, 0.25) is 10.0 Å². The van der Waals surface area contributed by atoms with Crippen LogP contribution in [-0.2, 0) is 14.8 Å². The lowest BCUT2D eigenvalue weighted by Crippen LogP contribution is -2.21. The molecule has 0 aliphatic heterocycles. The maximum Gasteiger partial charge on any atom is 0.235 e. The van der Waals surface area contributed by atoms with E-state index in [2.05, 4.69) is 27.3 Å². The van der Waals surface area contributed by atoms with Gasteiger partial charge in [-0.2, -0.15) is 0 Å². The standard InChI is InChI=1S/C12H18INO3S/c1-9(2)17-6-7-18(15,16)14-11-5-4-10(3)12(13)8-11/h4-5,8-9,14H,6-7H2,1-3H3. The molecule has 0 unspecified atom stereocenters. The van der Waals surface area contributed by atoms with Crippen LogP contribution in [0.2, 0.25) is 0 Å². The highest BCUT2D eigenvalue weighted by Gasteiger charge is 2.11. The van der Waals surface area contributed by atoms with Gasteiger partial charge in [-0.05, 0) is 61.1 Å². The van der Waals surface area contributed by atoms with E-state index in [1.807, 2.05) is 32.9 Å². The molecule has 0 bridgehead atoms. The van der Waals surface area contributed by atoms with Crippen molar-refractivity contribution < 1.29 is 13.2 Å². The molecule has 0 atom stereocenters. The van der Waals surface area contributed by atoms with E-state index in [4.69, 9.17) is 4.74 Å². The maximum absolute atomic E-state index is 11.8. The van der Waals surface area contributed by atoms with E-state index in [1.54, 1.807) is 6.07 Å². The second-order valence-electron chi connectivity index (χ2n) is 4.30. The molecule has 0 aliphatic carbocycles. The van der Waals surface area contributed by atoms with Crippen LogP contribution in [0.4, 0.5) is 5.69 Å². The van der Waals surface area contributed by atoms with Gasteiger partial charge >= 0.3 is 0 Å². The Morgan fingerprint density at radius 1 is 1.39 bits per heavy atom. The van der Waals surface area contributed by atoms with Crippen LogP contribution < -0.4 is 4.72 Å². The van der Waals surface area contributed by atoms with Crippen LogP contribution in [0, 0.1) is 10.5 Å². The third-order valence-electron chi connectivity index (χ3n) is 2.25. The van der Waals surface area contributed by atoms with Crippen LogP contribution in [0.25, 0.3) is 0 Å². The zero-order chi connectivity index (χ0) is 13.8. The molecule has 1 aromatic rings. The molecule has 0 aromatic heterocycles. The molecule has 4 nitrogen and oxygen atoms in total. The van der Waals surface area contributed by atoms with Gasteiger partial charge in [0.1, 0.15) is 0 Å². The fraction of sp³-hybridized carbons (Fsp3) is 0.500. The first kappa shape index (κ1) is 15.7.